The Hall–Kier alpha value is -3.31. The summed E-state index contributed by atoms with van der Waals surface area (Å²) in [6.07, 6.45) is 2.10. The molecule has 0 spiro atoms. The number of nitrogens with one attached hydrogen (secondary N) is 1. The molecule has 3 rings (SSSR count). The largest absolute Gasteiger partial charge is 0.489 e. The summed E-state index contributed by atoms with van der Waals surface area (Å²) in [4.78, 5) is 12.3. The molecule has 0 aliphatic heterocycles. The van der Waals surface area contributed by atoms with E-state index >= 15 is 0 Å². The van der Waals surface area contributed by atoms with E-state index in [1.54, 1.807) is 42.1 Å². The maximum absolute atomic E-state index is 11.1. The Morgan fingerprint density at radius 2 is 1.74 bits per heavy atom. The van der Waals surface area contributed by atoms with Crippen molar-refractivity contribution in [2.45, 2.75) is 36.8 Å². The fourth-order valence-corrected chi connectivity index (χ4v) is 4.08. The van der Waals surface area contributed by atoms with Gasteiger partial charge in [0, 0.05) is 17.0 Å². The fourth-order valence-electron chi connectivity index (χ4n) is 3.67. The summed E-state index contributed by atoms with van der Waals surface area (Å²) >= 11 is 1.71. The molecule has 0 unspecified atom stereocenters. The van der Waals surface area contributed by atoms with Crippen molar-refractivity contribution >= 4 is 17.7 Å². The van der Waals surface area contributed by atoms with Crippen LogP contribution in [0.5, 0.6) is 5.75 Å². The van der Waals surface area contributed by atoms with E-state index in [1.807, 2.05) is 0 Å². The smallest absolute Gasteiger partial charge is 0.335 e. The number of carbonyl (C=O) groups is 1. The number of hydrogen-bond donors (Lipinski definition) is 3. The number of ether oxygens (including phenoxy) is 1. The highest BCUT2D eigenvalue weighted by Crippen LogP contribution is 2.28. The molecule has 0 heterocycles. The molecular formula is C28H30N2O4S. The normalized spacial score (nSPS) is 12.1. The quantitative estimate of drug-likeness (QED) is 0.325. The van der Waals surface area contributed by atoms with E-state index in [4.69, 9.17) is 9.84 Å². The van der Waals surface area contributed by atoms with Crippen molar-refractivity contribution in [2.24, 2.45) is 0 Å². The molecule has 3 aromatic rings. The van der Waals surface area contributed by atoms with Gasteiger partial charge in [0.1, 0.15) is 24.5 Å². The zero-order valence-electron chi connectivity index (χ0n) is 20.1. The van der Waals surface area contributed by atoms with Crippen molar-refractivity contribution in [3.8, 4) is 22.9 Å². The average Bonchev–Trinajstić information content (AvgIpc) is 2.86. The second-order valence-electron chi connectivity index (χ2n) is 8.96. The molecule has 1 atom stereocenters. The van der Waals surface area contributed by atoms with Crippen molar-refractivity contribution in [3.05, 3.63) is 83.4 Å². The molecule has 35 heavy (non-hydrogen) atoms. The highest BCUT2D eigenvalue weighted by Gasteiger charge is 2.20. The van der Waals surface area contributed by atoms with Crippen molar-refractivity contribution in [1.82, 2.24) is 5.32 Å². The minimum atomic E-state index is -0.986. The number of carboxylic acids is 1. The van der Waals surface area contributed by atoms with Gasteiger partial charge in [-0.2, -0.15) is 5.26 Å². The summed E-state index contributed by atoms with van der Waals surface area (Å²) in [5.74, 6) is -0.612. The molecule has 0 saturated heterocycles. The highest BCUT2D eigenvalue weighted by molar-refractivity contribution is 7.98. The molecule has 0 aliphatic carbocycles. The molecule has 182 valence electrons. The first kappa shape index (κ1) is 26.3. The lowest BCUT2D eigenvalue weighted by molar-refractivity contribution is 0.0697. The molecule has 0 saturated carbocycles. The monoisotopic (exact) mass is 490 g/mol. The molecule has 0 aromatic heterocycles. The van der Waals surface area contributed by atoms with Gasteiger partial charge in [-0.1, -0.05) is 30.3 Å². The predicted molar refractivity (Wildman–Crippen MR) is 139 cm³/mol. The van der Waals surface area contributed by atoms with Gasteiger partial charge in [0.15, 0.2) is 0 Å². The Morgan fingerprint density at radius 3 is 2.34 bits per heavy atom. The summed E-state index contributed by atoms with van der Waals surface area (Å²) in [5, 5.41) is 32.5. The standard InChI is InChI=1S/C28H30N2O4S/c1-28(2,15-19-4-12-25(35-3)13-5-19)30-17-24(31)18-34-26-14-22(10-11-23(26)16-29)20-6-8-21(9-7-20)27(32)33/h4-14,24,30-31H,15,17-18H2,1-3H3,(H,32,33)/t24-/m0/s1. The van der Waals surface area contributed by atoms with Gasteiger partial charge < -0.3 is 20.3 Å². The number of nitriles is 1. The van der Waals surface area contributed by atoms with Crippen LogP contribution in [0.3, 0.4) is 0 Å². The number of nitrogens with zero attached hydrogens (tertiary/aromatic N) is 1. The van der Waals surface area contributed by atoms with Gasteiger partial charge in [-0.15, -0.1) is 11.8 Å². The lowest BCUT2D eigenvalue weighted by Gasteiger charge is -2.28. The zero-order valence-corrected chi connectivity index (χ0v) is 20.9. The van der Waals surface area contributed by atoms with E-state index in [0.717, 1.165) is 17.5 Å². The highest BCUT2D eigenvalue weighted by atomic mass is 32.2. The minimum absolute atomic E-state index is 0.0294. The van der Waals surface area contributed by atoms with Gasteiger partial charge in [0.25, 0.3) is 0 Å². The summed E-state index contributed by atoms with van der Waals surface area (Å²) < 4.78 is 5.81. The van der Waals surface area contributed by atoms with Crippen molar-refractivity contribution in [2.75, 3.05) is 19.4 Å². The summed E-state index contributed by atoms with van der Waals surface area (Å²) in [7, 11) is 0. The molecule has 7 heteroatoms. The van der Waals surface area contributed by atoms with Crippen LogP contribution in [0.2, 0.25) is 0 Å². The van der Waals surface area contributed by atoms with Crippen LogP contribution in [-0.2, 0) is 6.42 Å². The molecule has 3 N–H and O–H groups in total. The fraction of sp³-hybridized carbons (Fsp3) is 0.286. The Bertz CT molecular complexity index is 1190. The first-order valence-electron chi connectivity index (χ1n) is 11.3. The molecule has 0 bridgehead atoms. The molecule has 6 nitrogen and oxygen atoms in total. The van der Waals surface area contributed by atoms with Crippen molar-refractivity contribution < 1.29 is 19.7 Å². The van der Waals surface area contributed by atoms with Gasteiger partial charge in [0.2, 0.25) is 0 Å². The van der Waals surface area contributed by atoms with Gasteiger partial charge in [-0.05, 0) is 79.6 Å². The van der Waals surface area contributed by atoms with Gasteiger partial charge in [0.05, 0.1) is 11.1 Å². The first-order chi connectivity index (χ1) is 16.7. The predicted octanol–water partition coefficient (Wildman–Crippen LogP) is 5.00. The van der Waals surface area contributed by atoms with Crippen LogP contribution >= 0.6 is 11.8 Å². The van der Waals surface area contributed by atoms with E-state index in [2.05, 4.69) is 55.8 Å². The molecule has 0 fully saturated rings. The summed E-state index contributed by atoms with van der Waals surface area (Å²) in [5.41, 5.74) is 3.16. The molecule has 0 amide bonds. The third-order valence-electron chi connectivity index (χ3n) is 5.62. The average molecular weight is 491 g/mol. The number of aliphatic hydroxyl groups excluding tert-OH is 1. The number of β-amino-alcohol motifs (C(OH)–C–C–N with tert-alkyl or cyclic N) is 1. The van der Waals surface area contributed by atoms with Crippen molar-refractivity contribution in [3.63, 3.8) is 0 Å². The van der Waals surface area contributed by atoms with Crippen molar-refractivity contribution in [1.29, 1.82) is 5.26 Å². The summed E-state index contributed by atoms with van der Waals surface area (Å²) in [6, 6.07) is 22.3. The lowest BCUT2D eigenvalue weighted by atomic mass is 9.95. The number of hydrogen-bond acceptors (Lipinski definition) is 6. The molecule has 0 radical (unpaired) electrons. The third-order valence-corrected chi connectivity index (χ3v) is 6.36. The minimum Gasteiger partial charge on any atom is -0.489 e. The lowest BCUT2D eigenvalue weighted by Crippen LogP contribution is -2.46. The maximum atomic E-state index is 11.1. The second-order valence-corrected chi connectivity index (χ2v) is 9.84. The van der Waals surface area contributed by atoms with E-state index in [1.165, 1.54) is 22.6 Å². The zero-order chi connectivity index (χ0) is 25.4. The molecule has 3 aromatic carbocycles. The van der Waals surface area contributed by atoms with Crippen LogP contribution in [0.1, 0.15) is 35.3 Å². The Morgan fingerprint density at radius 1 is 1.09 bits per heavy atom. The molecule has 0 aliphatic rings. The topological polar surface area (TPSA) is 103 Å². The number of aromatic carboxylic acids is 1. The van der Waals surface area contributed by atoms with Crippen LogP contribution in [-0.4, -0.2) is 47.2 Å². The van der Waals surface area contributed by atoms with Crippen LogP contribution in [0.15, 0.2) is 71.6 Å². The Balaban J connectivity index is 1.59. The van der Waals surface area contributed by atoms with Crippen LogP contribution in [0, 0.1) is 11.3 Å². The number of rotatable bonds is 11. The maximum Gasteiger partial charge on any atom is 0.335 e. The van der Waals surface area contributed by atoms with Crippen LogP contribution < -0.4 is 10.1 Å². The van der Waals surface area contributed by atoms with Gasteiger partial charge in [-0.3, -0.25) is 0 Å². The van der Waals surface area contributed by atoms with Gasteiger partial charge >= 0.3 is 5.97 Å². The second kappa shape index (κ2) is 11.9. The van der Waals surface area contributed by atoms with Crippen LogP contribution in [0.25, 0.3) is 11.1 Å². The number of aliphatic hydroxyl groups is 1. The first-order valence-corrected chi connectivity index (χ1v) is 12.5. The Labute approximate surface area is 210 Å². The van der Waals surface area contributed by atoms with Crippen LogP contribution in [0.4, 0.5) is 0 Å². The molecular weight excluding hydrogens is 460 g/mol. The van der Waals surface area contributed by atoms with Gasteiger partial charge in [-0.25, -0.2) is 4.79 Å². The number of carboxylic acid groups (broad SMARTS) is 1. The van der Waals surface area contributed by atoms with E-state index < -0.39 is 12.1 Å². The third kappa shape index (κ3) is 7.59. The Kier molecular flexibility index (Phi) is 8.94. The summed E-state index contributed by atoms with van der Waals surface area (Å²) in [6.45, 7) is 4.56. The van der Waals surface area contributed by atoms with E-state index in [-0.39, 0.29) is 17.7 Å². The van der Waals surface area contributed by atoms with E-state index in [0.29, 0.717) is 17.9 Å². The SMILES string of the molecule is CSc1ccc(CC(C)(C)NC[C@H](O)COc2cc(-c3ccc(C(=O)O)cc3)ccc2C#N)cc1. The number of benzene rings is 3. The number of thioether (sulfide) groups is 1. The van der Waals surface area contributed by atoms with E-state index in [9.17, 15) is 15.2 Å².